The van der Waals surface area contributed by atoms with Crippen molar-refractivity contribution in [1.82, 2.24) is 4.90 Å². The van der Waals surface area contributed by atoms with Crippen LogP contribution in [0.5, 0.6) is 5.75 Å². The smallest absolute Gasteiger partial charge is 0.248 e. The normalized spacial score (nSPS) is 23.1. The van der Waals surface area contributed by atoms with E-state index in [1.807, 2.05) is 6.07 Å². The van der Waals surface area contributed by atoms with Gasteiger partial charge in [0.2, 0.25) is 5.91 Å². The van der Waals surface area contributed by atoms with E-state index in [-0.39, 0.29) is 24.9 Å². The second-order valence-corrected chi connectivity index (χ2v) is 6.57. The van der Waals surface area contributed by atoms with Crippen LogP contribution in [-0.4, -0.2) is 68.3 Å². The first-order chi connectivity index (χ1) is 10.6. The number of hydrogen-bond donors (Lipinski definition) is 3. The van der Waals surface area contributed by atoms with Gasteiger partial charge in [0, 0.05) is 17.9 Å². The van der Waals surface area contributed by atoms with E-state index in [4.69, 9.17) is 0 Å². The lowest BCUT2D eigenvalue weighted by Gasteiger charge is -2.51. The minimum absolute atomic E-state index is 0.144. The Balaban J connectivity index is 1.77. The minimum Gasteiger partial charge on any atom is -0.507 e. The summed E-state index contributed by atoms with van der Waals surface area (Å²) in [7, 11) is 0. The van der Waals surface area contributed by atoms with Crippen molar-refractivity contribution in [3.05, 3.63) is 29.8 Å². The van der Waals surface area contributed by atoms with Gasteiger partial charge in [-0.15, -0.1) is 11.8 Å². The summed E-state index contributed by atoms with van der Waals surface area (Å²) in [5.74, 6) is 0.476. The molecule has 22 heavy (non-hydrogen) atoms. The number of hydrogen-bond acceptors (Lipinski definition) is 6. The number of benzene rings is 1. The van der Waals surface area contributed by atoms with Gasteiger partial charge in [-0.1, -0.05) is 12.1 Å². The summed E-state index contributed by atoms with van der Waals surface area (Å²) >= 11 is 1.43. The largest absolute Gasteiger partial charge is 0.507 e. The number of phenols is 1. The molecule has 2 aliphatic heterocycles. The van der Waals surface area contributed by atoms with Crippen molar-refractivity contribution < 1.29 is 20.1 Å². The van der Waals surface area contributed by atoms with Gasteiger partial charge in [-0.2, -0.15) is 0 Å². The number of amides is 1. The van der Waals surface area contributed by atoms with Crippen LogP contribution in [0.1, 0.15) is 12.0 Å². The molecule has 0 saturated carbocycles. The number of rotatable bonds is 4. The third-order valence-corrected chi connectivity index (χ3v) is 5.38. The summed E-state index contributed by atoms with van der Waals surface area (Å²) < 4.78 is 0. The van der Waals surface area contributed by atoms with Crippen molar-refractivity contribution in [2.75, 3.05) is 25.5 Å². The van der Waals surface area contributed by atoms with E-state index in [1.54, 1.807) is 18.2 Å². The Morgan fingerprint density at radius 3 is 2.68 bits per heavy atom. The molecule has 0 aromatic heterocycles. The third-order valence-electron chi connectivity index (χ3n) is 4.30. The van der Waals surface area contributed by atoms with Crippen LogP contribution in [0.2, 0.25) is 0 Å². The molecule has 1 amide bonds. The zero-order valence-corrected chi connectivity index (χ0v) is 12.8. The summed E-state index contributed by atoms with van der Waals surface area (Å²) in [6.07, 6.45) is 0.599. The number of carbonyl (C=O) groups excluding carboxylic acids is 1. The van der Waals surface area contributed by atoms with E-state index in [2.05, 4.69) is 4.99 Å². The number of nitrogens with zero attached hydrogens (tertiary/aromatic N) is 2. The molecule has 7 heteroatoms. The lowest BCUT2D eigenvalue weighted by molar-refractivity contribution is -0.157. The first-order valence-corrected chi connectivity index (χ1v) is 8.12. The van der Waals surface area contributed by atoms with Crippen molar-refractivity contribution in [1.29, 1.82) is 0 Å². The van der Waals surface area contributed by atoms with E-state index < -0.39 is 11.6 Å². The van der Waals surface area contributed by atoms with Crippen LogP contribution in [0.15, 0.2) is 29.3 Å². The second-order valence-electron chi connectivity index (χ2n) is 5.56. The monoisotopic (exact) mass is 322 g/mol. The molecule has 0 radical (unpaired) electrons. The predicted molar refractivity (Wildman–Crippen MR) is 84.1 cm³/mol. The third kappa shape index (κ3) is 2.39. The van der Waals surface area contributed by atoms with E-state index in [9.17, 15) is 20.1 Å². The molecule has 0 bridgehead atoms. The lowest BCUT2D eigenvalue weighted by Crippen LogP contribution is -2.67. The Labute approximate surface area is 132 Å². The molecule has 1 saturated heterocycles. The molecule has 1 unspecified atom stereocenters. The number of phenolic OH excluding ortho intramolecular Hbond substituents is 1. The van der Waals surface area contributed by atoms with Gasteiger partial charge in [-0.3, -0.25) is 9.79 Å². The molecule has 6 nitrogen and oxygen atoms in total. The average Bonchev–Trinajstić information content (AvgIpc) is 2.98. The molecule has 1 aromatic carbocycles. The zero-order chi connectivity index (χ0) is 15.7. The maximum absolute atomic E-state index is 12.5. The number of thioether (sulfide) groups is 1. The van der Waals surface area contributed by atoms with Crippen molar-refractivity contribution in [2.45, 2.75) is 18.0 Å². The molecule has 2 heterocycles. The maximum atomic E-state index is 12.5. The first-order valence-electron chi connectivity index (χ1n) is 7.13. The second kappa shape index (κ2) is 5.91. The van der Waals surface area contributed by atoms with Gasteiger partial charge in [0.1, 0.15) is 16.8 Å². The Morgan fingerprint density at radius 2 is 2.09 bits per heavy atom. The number of para-hydroxylation sites is 1. The van der Waals surface area contributed by atoms with Crippen LogP contribution < -0.4 is 0 Å². The standard InChI is InChI=1S/C15H18N2O4S/c18-8-15(9-19)5-6-17(15)14(21)11-7-22-13(16-11)10-3-1-2-4-12(10)20/h1-4,11,18-20H,5-9H2. The molecule has 0 aliphatic carbocycles. The molecular weight excluding hydrogens is 304 g/mol. The maximum Gasteiger partial charge on any atom is 0.248 e. The highest BCUT2D eigenvalue weighted by atomic mass is 32.2. The molecule has 0 spiro atoms. The highest BCUT2D eigenvalue weighted by Gasteiger charge is 2.48. The zero-order valence-electron chi connectivity index (χ0n) is 12.0. The fourth-order valence-electron chi connectivity index (χ4n) is 2.74. The van der Waals surface area contributed by atoms with Crippen LogP contribution in [0.25, 0.3) is 0 Å². The summed E-state index contributed by atoms with van der Waals surface area (Å²) in [5.41, 5.74) is -0.212. The molecular formula is C15H18N2O4S. The summed E-state index contributed by atoms with van der Waals surface area (Å²) in [6.45, 7) is 0.0405. The molecule has 1 fully saturated rings. The van der Waals surface area contributed by atoms with Gasteiger partial charge in [0.25, 0.3) is 0 Å². The SMILES string of the molecule is O=C(C1CSC(c2ccccc2O)=N1)N1CCC1(CO)CO. The number of likely N-dealkylation sites (tertiary alicyclic amines) is 1. The predicted octanol–water partition coefficient (Wildman–Crippen LogP) is 0.210. The molecule has 3 N–H and O–H groups in total. The van der Waals surface area contributed by atoms with Gasteiger partial charge in [-0.05, 0) is 18.6 Å². The van der Waals surface area contributed by atoms with E-state index in [1.165, 1.54) is 16.7 Å². The molecule has 118 valence electrons. The van der Waals surface area contributed by atoms with Gasteiger partial charge in [-0.25, -0.2) is 0 Å². The van der Waals surface area contributed by atoms with Crippen molar-refractivity contribution in [3.63, 3.8) is 0 Å². The van der Waals surface area contributed by atoms with Crippen LogP contribution in [0, 0.1) is 0 Å². The molecule has 2 aliphatic rings. The van der Waals surface area contributed by atoms with Crippen molar-refractivity contribution in [2.24, 2.45) is 4.99 Å². The Bertz CT molecular complexity index is 610. The Kier molecular flexibility index (Phi) is 4.12. The van der Waals surface area contributed by atoms with E-state index >= 15 is 0 Å². The highest BCUT2D eigenvalue weighted by molar-refractivity contribution is 8.14. The quantitative estimate of drug-likeness (QED) is 0.737. The van der Waals surface area contributed by atoms with Gasteiger partial charge in [0.05, 0.1) is 18.8 Å². The topological polar surface area (TPSA) is 93.4 Å². The van der Waals surface area contributed by atoms with E-state index in [0.29, 0.717) is 29.3 Å². The molecule has 3 rings (SSSR count). The van der Waals surface area contributed by atoms with E-state index in [0.717, 1.165) is 0 Å². The minimum atomic E-state index is -0.838. The van der Waals surface area contributed by atoms with Crippen molar-refractivity contribution >= 4 is 22.7 Å². The lowest BCUT2D eigenvalue weighted by atomic mass is 9.85. The first kappa shape index (κ1) is 15.3. The highest BCUT2D eigenvalue weighted by Crippen LogP contribution is 2.34. The summed E-state index contributed by atoms with van der Waals surface area (Å²) in [4.78, 5) is 18.5. The Morgan fingerprint density at radius 1 is 1.36 bits per heavy atom. The summed E-state index contributed by atoms with van der Waals surface area (Å²) in [6, 6.07) is 6.37. The van der Waals surface area contributed by atoms with Gasteiger partial charge >= 0.3 is 0 Å². The van der Waals surface area contributed by atoms with Crippen LogP contribution in [-0.2, 0) is 4.79 Å². The number of aliphatic imine (C=N–C) groups is 1. The van der Waals surface area contributed by atoms with Crippen molar-refractivity contribution in [3.8, 4) is 5.75 Å². The number of carbonyl (C=O) groups is 1. The number of aromatic hydroxyl groups is 1. The summed E-state index contributed by atoms with van der Waals surface area (Å²) in [5, 5.41) is 29.4. The number of aliphatic hydroxyl groups excluding tert-OH is 2. The fourth-order valence-corrected chi connectivity index (χ4v) is 3.81. The van der Waals surface area contributed by atoms with Crippen LogP contribution in [0.3, 0.4) is 0 Å². The molecule has 1 aromatic rings. The number of aliphatic hydroxyl groups is 2. The van der Waals surface area contributed by atoms with Crippen LogP contribution >= 0.6 is 11.8 Å². The Hall–Kier alpha value is -1.57. The van der Waals surface area contributed by atoms with Gasteiger partial charge in [0.15, 0.2) is 0 Å². The van der Waals surface area contributed by atoms with Gasteiger partial charge < -0.3 is 20.2 Å². The fraction of sp³-hybridized carbons (Fsp3) is 0.467. The molecule has 1 atom stereocenters. The van der Waals surface area contributed by atoms with Crippen LogP contribution in [0.4, 0.5) is 0 Å². The average molecular weight is 322 g/mol.